The number of imidazole rings is 1. The van der Waals surface area contributed by atoms with E-state index in [2.05, 4.69) is 11.6 Å². The number of anilines is 1. The van der Waals surface area contributed by atoms with Crippen molar-refractivity contribution in [3.05, 3.63) is 59.9 Å². The van der Waals surface area contributed by atoms with Crippen LogP contribution < -0.4 is 4.90 Å². The molecule has 10 heteroatoms. The maximum Gasteiger partial charge on any atom is 0.414 e. The molecule has 3 rings (SSSR count). The Morgan fingerprint density at radius 1 is 1.19 bits per heavy atom. The van der Waals surface area contributed by atoms with Crippen molar-refractivity contribution in [2.45, 2.75) is 45.9 Å². The molecule has 0 aliphatic rings. The number of nitrogens with zero attached hydrogens (tertiary/aromatic N) is 3. The summed E-state index contributed by atoms with van der Waals surface area (Å²) in [6.45, 7) is 9.79. The Kier molecular flexibility index (Phi) is 7.47. The van der Waals surface area contributed by atoms with Crippen molar-refractivity contribution in [2.75, 3.05) is 18.6 Å². The second-order valence-electron chi connectivity index (χ2n) is 9.22. The van der Waals surface area contributed by atoms with Crippen LogP contribution in [0.5, 0.6) is 0 Å². The smallest absolute Gasteiger partial charge is 0.414 e. The number of ether oxygens (including phenoxy) is 2. The molecule has 3 aromatic rings. The Balaban J connectivity index is 2.17. The highest BCUT2D eigenvalue weighted by atomic mass is 19.4. The molecule has 0 aliphatic carbocycles. The summed E-state index contributed by atoms with van der Waals surface area (Å²) in [7, 11) is 1.30. The van der Waals surface area contributed by atoms with E-state index in [1.807, 2.05) is 0 Å². The van der Waals surface area contributed by atoms with Crippen molar-refractivity contribution in [3.8, 4) is 11.3 Å². The molecule has 0 unspecified atom stereocenters. The van der Waals surface area contributed by atoms with E-state index in [1.54, 1.807) is 68.8 Å². The number of methoxy groups -OCH3 is 1. The number of hydrogen-bond acceptors (Lipinski definition) is 5. The summed E-state index contributed by atoms with van der Waals surface area (Å²) in [4.78, 5) is 30.3. The maximum atomic E-state index is 13.1. The SMILES string of the molecule is C=Cc1cc(N(CCC(F)(F)F)C(=O)OC(C)(C)C)c2ncc(-c3ccc(C(=O)OC)c(C)c3)n2c1. The fourth-order valence-electron chi connectivity index (χ4n) is 3.64. The number of pyridine rings is 1. The number of carbonyl (C=O) groups is 2. The molecular weight excluding hydrogens is 475 g/mol. The second-order valence-corrected chi connectivity index (χ2v) is 9.22. The van der Waals surface area contributed by atoms with E-state index < -0.39 is 36.8 Å². The van der Waals surface area contributed by atoms with Crippen LogP contribution in [0.25, 0.3) is 23.0 Å². The fourth-order valence-corrected chi connectivity index (χ4v) is 3.64. The molecule has 0 N–H and O–H groups in total. The molecule has 0 spiro atoms. The maximum absolute atomic E-state index is 13.1. The van der Waals surface area contributed by atoms with Gasteiger partial charge in [-0.2, -0.15) is 13.2 Å². The lowest BCUT2D eigenvalue weighted by molar-refractivity contribution is -0.132. The molecule has 1 amide bonds. The van der Waals surface area contributed by atoms with Gasteiger partial charge in [-0.25, -0.2) is 14.6 Å². The van der Waals surface area contributed by atoms with Crippen LogP contribution in [0, 0.1) is 6.92 Å². The topological polar surface area (TPSA) is 73.1 Å². The number of esters is 1. The van der Waals surface area contributed by atoms with E-state index in [4.69, 9.17) is 9.47 Å². The van der Waals surface area contributed by atoms with Crippen LogP contribution in [0.4, 0.5) is 23.7 Å². The van der Waals surface area contributed by atoms with Gasteiger partial charge in [-0.15, -0.1) is 0 Å². The fraction of sp³-hybridized carbons (Fsp3) is 0.346. The third-order valence-electron chi connectivity index (χ3n) is 5.29. The van der Waals surface area contributed by atoms with E-state index in [1.165, 1.54) is 13.2 Å². The number of rotatable bonds is 6. The number of aromatic nitrogens is 2. The molecule has 7 nitrogen and oxygen atoms in total. The van der Waals surface area contributed by atoms with Gasteiger partial charge in [0.2, 0.25) is 0 Å². The van der Waals surface area contributed by atoms with Crippen LogP contribution in [-0.2, 0) is 9.47 Å². The Labute approximate surface area is 207 Å². The Morgan fingerprint density at radius 3 is 2.44 bits per heavy atom. The van der Waals surface area contributed by atoms with Crippen molar-refractivity contribution in [1.82, 2.24) is 9.38 Å². The summed E-state index contributed by atoms with van der Waals surface area (Å²) < 4.78 is 51.2. The summed E-state index contributed by atoms with van der Waals surface area (Å²) >= 11 is 0. The van der Waals surface area contributed by atoms with Crippen LogP contribution in [0.15, 0.2) is 43.2 Å². The summed E-state index contributed by atoms with van der Waals surface area (Å²) in [6.07, 6.45) is -1.83. The van der Waals surface area contributed by atoms with Crippen molar-refractivity contribution in [3.63, 3.8) is 0 Å². The predicted octanol–water partition coefficient (Wildman–Crippen LogP) is 6.43. The van der Waals surface area contributed by atoms with Crippen LogP contribution in [0.1, 0.15) is 48.7 Å². The van der Waals surface area contributed by atoms with E-state index in [0.29, 0.717) is 27.9 Å². The van der Waals surface area contributed by atoms with Crippen LogP contribution >= 0.6 is 0 Å². The van der Waals surface area contributed by atoms with Crippen LogP contribution in [0.3, 0.4) is 0 Å². The molecule has 0 radical (unpaired) electrons. The minimum Gasteiger partial charge on any atom is -0.465 e. The first-order chi connectivity index (χ1) is 16.7. The zero-order valence-electron chi connectivity index (χ0n) is 20.8. The van der Waals surface area contributed by atoms with E-state index in [0.717, 1.165) is 4.90 Å². The van der Waals surface area contributed by atoms with E-state index in [-0.39, 0.29) is 11.3 Å². The number of fused-ring (bicyclic) bond motifs is 1. The molecule has 0 fully saturated rings. The average molecular weight is 504 g/mol. The minimum atomic E-state index is -4.48. The van der Waals surface area contributed by atoms with Gasteiger partial charge < -0.3 is 9.47 Å². The highest BCUT2D eigenvalue weighted by Crippen LogP contribution is 2.32. The number of alkyl halides is 3. The Morgan fingerprint density at radius 2 is 1.89 bits per heavy atom. The number of carbonyl (C=O) groups excluding carboxylic acids is 2. The van der Waals surface area contributed by atoms with Gasteiger partial charge >= 0.3 is 18.2 Å². The van der Waals surface area contributed by atoms with Crippen molar-refractivity contribution in [2.24, 2.45) is 0 Å². The quantitative estimate of drug-likeness (QED) is 0.362. The average Bonchev–Trinajstić information content (AvgIpc) is 3.20. The third kappa shape index (κ3) is 6.05. The first-order valence-electron chi connectivity index (χ1n) is 11.1. The number of benzene rings is 1. The summed E-state index contributed by atoms with van der Waals surface area (Å²) in [6, 6.07) is 6.68. The Hall–Kier alpha value is -3.82. The van der Waals surface area contributed by atoms with Gasteiger partial charge in [0.15, 0.2) is 5.65 Å². The standard InChI is InChI=1S/C26H28F3N3O4/c1-7-17-13-20(31(11-10-26(27,28)29)24(34)36-25(3,4)5)22-30-14-21(32(22)15-17)18-8-9-19(16(2)12-18)23(33)35-6/h7-9,12-15H,1,10-11H2,2-6H3. The molecule has 2 aromatic heterocycles. The molecule has 0 bridgehead atoms. The second kappa shape index (κ2) is 10.0. The van der Waals surface area contributed by atoms with Gasteiger partial charge in [0.1, 0.15) is 5.60 Å². The molecule has 36 heavy (non-hydrogen) atoms. The number of aryl methyl sites for hydroxylation is 1. The highest BCUT2D eigenvalue weighted by molar-refractivity contribution is 5.94. The highest BCUT2D eigenvalue weighted by Gasteiger charge is 2.32. The lowest BCUT2D eigenvalue weighted by Gasteiger charge is -2.28. The lowest BCUT2D eigenvalue weighted by Crippen LogP contribution is -2.39. The predicted molar refractivity (Wildman–Crippen MR) is 131 cm³/mol. The van der Waals surface area contributed by atoms with Gasteiger partial charge in [-0.05, 0) is 57.0 Å². The molecule has 192 valence electrons. The minimum absolute atomic E-state index is 0.153. The molecule has 0 aliphatic heterocycles. The van der Waals surface area contributed by atoms with Gasteiger partial charge in [0.25, 0.3) is 0 Å². The van der Waals surface area contributed by atoms with Gasteiger partial charge in [0, 0.05) is 18.3 Å². The first-order valence-corrected chi connectivity index (χ1v) is 11.1. The summed E-state index contributed by atoms with van der Waals surface area (Å²) in [5.74, 6) is -0.467. The largest absolute Gasteiger partial charge is 0.465 e. The van der Waals surface area contributed by atoms with E-state index >= 15 is 0 Å². The summed E-state index contributed by atoms with van der Waals surface area (Å²) in [5.41, 5.74) is 2.45. The normalized spacial score (nSPS) is 11.9. The first kappa shape index (κ1) is 26.8. The van der Waals surface area contributed by atoms with Crippen molar-refractivity contribution < 1.29 is 32.2 Å². The molecule has 2 heterocycles. The monoisotopic (exact) mass is 503 g/mol. The zero-order valence-corrected chi connectivity index (χ0v) is 20.8. The third-order valence-corrected chi connectivity index (χ3v) is 5.29. The summed E-state index contributed by atoms with van der Waals surface area (Å²) in [5, 5.41) is 0. The number of halogens is 3. The number of amides is 1. The van der Waals surface area contributed by atoms with Gasteiger partial charge in [-0.3, -0.25) is 9.30 Å². The number of hydrogen-bond donors (Lipinski definition) is 0. The van der Waals surface area contributed by atoms with Gasteiger partial charge in [0.05, 0.1) is 36.7 Å². The Bertz CT molecular complexity index is 1310. The van der Waals surface area contributed by atoms with E-state index in [9.17, 15) is 22.8 Å². The molecule has 1 aromatic carbocycles. The lowest BCUT2D eigenvalue weighted by atomic mass is 10.0. The molecule has 0 saturated heterocycles. The molecule has 0 atom stereocenters. The van der Waals surface area contributed by atoms with Crippen LogP contribution in [0.2, 0.25) is 0 Å². The van der Waals surface area contributed by atoms with Crippen LogP contribution in [-0.4, -0.2) is 46.9 Å². The molecular formula is C26H28F3N3O4. The zero-order chi connectivity index (χ0) is 26.8. The van der Waals surface area contributed by atoms with Crippen molar-refractivity contribution >= 4 is 29.5 Å². The van der Waals surface area contributed by atoms with Gasteiger partial charge in [-0.1, -0.05) is 18.7 Å². The molecule has 0 saturated carbocycles. The van der Waals surface area contributed by atoms with Crippen molar-refractivity contribution in [1.29, 1.82) is 0 Å².